The van der Waals surface area contributed by atoms with Gasteiger partial charge in [0.1, 0.15) is 6.04 Å². The number of carboxylic acids is 1. The number of aliphatic carboxylic acids is 1. The number of carboxylic acid groups (broad SMARTS) is 1. The van der Waals surface area contributed by atoms with Gasteiger partial charge in [-0.15, -0.1) is 0 Å². The van der Waals surface area contributed by atoms with Crippen molar-refractivity contribution in [3.8, 4) is 0 Å². The minimum Gasteiger partial charge on any atom is -0.480 e. The van der Waals surface area contributed by atoms with Crippen LogP contribution in [0.3, 0.4) is 0 Å². The number of benzene rings is 1. The Morgan fingerprint density at radius 3 is 2.83 bits per heavy atom. The van der Waals surface area contributed by atoms with E-state index >= 15 is 0 Å². The van der Waals surface area contributed by atoms with E-state index in [1.165, 1.54) is 0 Å². The van der Waals surface area contributed by atoms with E-state index in [0.717, 1.165) is 17.7 Å². The van der Waals surface area contributed by atoms with Gasteiger partial charge in [-0.3, -0.25) is 9.59 Å². The van der Waals surface area contributed by atoms with E-state index in [9.17, 15) is 9.59 Å². The Morgan fingerprint density at radius 2 is 2.11 bits per heavy atom. The minimum atomic E-state index is -1.07. The summed E-state index contributed by atoms with van der Waals surface area (Å²) in [6.45, 7) is 0.667. The van der Waals surface area contributed by atoms with Crippen molar-refractivity contribution in [2.45, 2.75) is 25.3 Å². The molecule has 1 aromatic carbocycles. The molecule has 0 radical (unpaired) electrons. The third kappa shape index (κ3) is 2.51. The van der Waals surface area contributed by atoms with Crippen molar-refractivity contribution in [2.75, 3.05) is 11.4 Å². The number of carbonyl (C=O) groups excluding carboxylic acids is 1. The lowest BCUT2D eigenvalue weighted by Gasteiger charge is -2.17. The van der Waals surface area contributed by atoms with Crippen molar-refractivity contribution >= 4 is 17.6 Å². The molecule has 96 valence electrons. The fourth-order valence-corrected chi connectivity index (χ4v) is 2.13. The van der Waals surface area contributed by atoms with Crippen LogP contribution in [0.2, 0.25) is 0 Å². The number of nitrogens with zero attached hydrogens (tertiary/aromatic N) is 1. The van der Waals surface area contributed by atoms with Crippen molar-refractivity contribution in [3.63, 3.8) is 0 Å². The van der Waals surface area contributed by atoms with E-state index in [1.807, 2.05) is 24.3 Å². The summed E-state index contributed by atoms with van der Waals surface area (Å²) < 4.78 is 0. The van der Waals surface area contributed by atoms with Gasteiger partial charge in [0.25, 0.3) is 0 Å². The first kappa shape index (κ1) is 12.6. The van der Waals surface area contributed by atoms with Crippen LogP contribution < -0.4 is 10.6 Å². The molecule has 1 aliphatic rings. The molecule has 0 fully saturated rings. The van der Waals surface area contributed by atoms with Crippen LogP contribution in [0.25, 0.3) is 0 Å². The van der Waals surface area contributed by atoms with Gasteiger partial charge >= 0.3 is 5.97 Å². The van der Waals surface area contributed by atoms with Gasteiger partial charge < -0.3 is 15.7 Å². The van der Waals surface area contributed by atoms with Gasteiger partial charge in [-0.05, 0) is 24.5 Å². The number of hydrogen-bond acceptors (Lipinski definition) is 3. The number of rotatable bonds is 4. The number of carbonyl (C=O) groups is 2. The summed E-state index contributed by atoms with van der Waals surface area (Å²) in [5, 5.41) is 8.67. The SMILES string of the molecule is NC(CCC(=O)N1CCc2ccccc21)C(=O)O. The molecule has 0 saturated heterocycles. The monoisotopic (exact) mass is 248 g/mol. The Bertz CT molecular complexity index is 473. The van der Waals surface area contributed by atoms with Gasteiger partial charge in [0.2, 0.25) is 5.91 Å². The Labute approximate surface area is 105 Å². The molecule has 0 saturated carbocycles. The molecule has 1 aromatic rings. The molecule has 1 heterocycles. The number of para-hydroxylation sites is 1. The lowest BCUT2D eigenvalue weighted by molar-refractivity contribution is -0.138. The summed E-state index contributed by atoms with van der Waals surface area (Å²) in [5.74, 6) is -1.12. The van der Waals surface area contributed by atoms with Crippen molar-refractivity contribution in [1.82, 2.24) is 0 Å². The third-order valence-corrected chi connectivity index (χ3v) is 3.17. The standard InChI is InChI=1S/C13H16N2O3/c14-10(13(17)18)5-6-12(16)15-8-7-9-3-1-2-4-11(9)15/h1-4,10H,5-8,14H2,(H,17,18). The Hall–Kier alpha value is -1.88. The summed E-state index contributed by atoms with van der Waals surface area (Å²) >= 11 is 0. The lowest BCUT2D eigenvalue weighted by Crippen LogP contribution is -2.34. The highest BCUT2D eigenvalue weighted by molar-refractivity contribution is 5.95. The summed E-state index contributed by atoms with van der Waals surface area (Å²) in [4.78, 5) is 24.3. The Morgan fingerprint density at radius 1 is 1.39 bits per heavy atom. The summed E-state index contributed by atoms with van der Waals surface area (Å²) in [7, 11) is 0. The van der Waals surface area contributed by atoms with Gasteiger partial charge in [-0.2, -0.15) is 0 Å². The molecule has 0 aliphatic carbocycles. The first-order valence-electron chi connectivity index (χ1n) is 5.96. The minimum absolute atomic E-state index is 0.0587. The fraction of sp³-hybridized carbons (Fsp3) is 0.385. The van der Waals surface area contributed by atoms with E-state index in [0.29, 0.717) is 6.54 Å². The summed E-state index contributed by atoms with van der Waals surface area (Å²) in [6.07, 6.45) is 1.20. The third-order valence-electron chi connectivity index (χ3n) is 3.17. The molecule has 1 aliphatic heterocycles. The van der Waals surface area contributed by atoms with Crippen LogP contribution in [0, 0.1) is 0 Å². The molecular weight excluding hydrogens is 232 g/mol. The van der Waals surface area contributed by atoms with Crippen molar-refractivity contribution in [2.24, 2.45) is 5.73 Å². The largest absolute Gasteiger partial charge is 0.480 e. The first-order chi connectivity index (χ1) is 8.59. The number of anilines is 1. The predicted octanol–water partition coefficient (Wildman–Crippen LogP) is 0.768. The first-order valence-corrected chi connectivity index (χ1v) is 5.96. The van der Waals surface area contributed by atoms with Gasteiger partial charge in [0.05, 0.1) is 0 Å². The van der Waals surface area contributed by atoms with Crippen LogP contribution in [-0.2, 0) is 16.0 Å². The van der Waals surface area contributed by atoms with Gasteiger partial charge in [-0.25, -0.2) is 0 Å². The van der Waals surface area contributed by atoms with Crippen molar-refractivity contribution in [1.29, 1.82) is 0 Å². The maximum absolute atomic E-state index is 12.0. The molecule has 0 spiro atoms. The van der Waals surface area contributed by atoms with Crippen LogP contribution in [0.1, 0.15) is 18.4 Å². The highest BCUT2D eigenvalue weighted by Crippen LogP contribution is 2.28. The Balaban J connectivity index is 1.97. The Kier molecular flexibility index (Phi) is 3.62. The number of fused-ring (bicyclic) bond motifs is 1. The maximum Gasteiger partial charge on any atom is 0.320 e. The average Bonchev–Trinajstić information content (AvgIpc) is 2.79. The van der Waals surface area contributed by atoms with Crippen LogP contribution >= 0.6 is 0 Å². The van der Waals surface area contributed by atoms with Gasteiger partial charge in [-0.1, -0.05) is 18.2 Å². The van der Waals surface area contributed by atoms with E-state index in [4.69, 9.17) is 10.8 Å². The second-order valence-corrected chi connectivity index (χ2v) is 4.41. The van der Waals surface area contributed by atoms with Crippen molar-refractivity contribution in [3.05, 3.63) is 29.8 Å². The van der Waals surface area contributed by atoms with E-state index in [2.05, 4.69) is 0 Å². The molecule has 0 bridgehead atoms. The number of nitrogens with two attached hydrogens (primary N) is 1. The second kappa shape index (κ2) is 5.18. The second-order valence-electron chi connectivity index (χ2n) is 4.41. The smallest absolute Gasteiger partial charge is 0.320 e. The van der Waals surface area contributed by atoms with Crippen molar-refractivity contribution < 1.29 is 14.7 Å². The molecule has 5 heteroatoms. The zero-order valence-corrected chi connectivity index (χ0v) is 10.0. The molecule has 2 rings (SSSR count). The van der Waals surface area contributed by atoms with Gasteiger partial charge in [0.15, 0.2) is 0 Å². The number of amides is 1. The lowest BCUT2D eigenvalue weighted by atomic mass is 10.1. The molecule has 0 aromatic heterocycles. The fourth-order valence-electron chi connectivity index (χ4n) is 2.13. The molecule has 1 amide bonds. The van der Waals surface area contributed by atoms with Crippen LogP contribution in [0.5, 0.6) is 0 Å². The van der Waals surface area contributed by atoms with E-state index in [1.54, 1.807) is 4.90 Å². The summed E-state index contributed by atoms with van der Waals surface area (Å²) in [6, 6.07) is 6.80. The predicted molar refractivity (Wildman–Crippen MR) is 67.3 cm³/mol. The normalized spacial score (nSPS) is 15.3. The highest BCUT2D eigenvalue weighted by atomic mass is 16.4. The highest BCUT2D eigenvalue weighted by Gasteiger charge is 2.24. The van der Waals surface area contributed by atoms with Crippen LogP contribution in [0.4, 0.5) is 5.69 Å². The van der Waals surface area contributed by atoms with Crippen LogP contribution in [-0.4, -0.2) is 29.6 Å². The number of hydrogen-bond donors (Lipinski definition) is 2. The van der Waals surface area contributed by atoms with Gasteiger partial charge in [0, 0.05) is 18.7 Å². The molecule has 1 atom stereocenters. The van der Waals surface area contributed by atoms with Crippen LogP contribution in [0.15, 0.2) is 24.3 Å². The molecular formula is C13H16N2O3. The molecule has 18 heavy (non-hydrogen) atoms. The zero-order chi connectivity index (χ0) is 13.1. The molecule has 3 N–H and O–H groups in total. The van der Waals surface area contributed by atoms with E-state index in [-0.39, 0.29) is 18.7 Å². The maximum atomic E-state index is 12.0. The summed E-state index contributed by atoms with van der Waals surface area (Å²) in [5.41, 5.74) is 7.48. The van der Waals surface area contributed by atoms with E-state index < -0.39 is 12.0 Å². The molecule has 5 nitrogen and oxygen atoms in total. The quantitative estimate of drug-likeness (QED) is 0.824. The zero-order valence-electron chi connectivity index (χ0n) is 10.0. The topological polar surface area (TPSA) is 83.6 Å². The molecule has 1 unspecified atom stereocenters. The average molecular weight is 248 g/mol.